The summed E-state index contributed by atoms with van der Waals surface area (Å²) in [7, 11) is 0. The van der Waals surface area contributed by atoms with Gasteiger partial charge in [-0.1, -0.05) is 0 Å². The van der Waals surface area contributed by atoms with E-state index in [0.717, 1.165) is 17.4 Å². The van der Waals surface area contributed by atoms with Crippen LogP contribution in [0.3, 0.4) is 0 Å². The molecule has 2 saturated carbocycles. The Bertz CT molecular complexity index is 443. The summed E-state index contributed by atoms with van der Waals surface area (Å²) < 4.78 is 0. The van der Waals surface area contributed by atoms with Crippen molar-refractivity contribution in [1.82, 2.24) is 5.32 Å². The van der Waals surface area contributed by atoms with Gasteiger partial charge in [0.25, 0.3) is 5.91 Å². The van der Waals surface area contributed by atoms with Crippen molar-refractivity contribution < 1.29 is 4.79 Å². The fraction of sp³-hybridized carbons (Fsp3) is 0.533. The second-order valence-electron chi connectivity index (χ2n) is 5.81. The molecule has 0 atom stereocenters. The van der Waals surface area contributed by atoms with Gasteiger partial charge in [0.15, 0.2) is 0 Å². The third-order valence-corrected chi connectivity index (χ3v) is 3.92. The van der Waals surface area contributed by atoms with Gasteiger partial charge >= 0.3 is 0 Å². The van der Waals surface area contributed by atoms with Crippen LogP contribution >= 0.6 is 0 Å². The fourth-order valence-electron chi connectivity index (χ4n) is 2.71. The molecular formula is C15H20N2O. The van der Waals surface area contributed by atoms with Crippen LogP contribution in [0.2, 0.25) is 0 Å². The van der Waals surface area contributed by atoms with Gasteiger partial charge in [-0.2, -0.15) is 0 Å². The van der Waals surface area contributed by atoms with E-state index in [0.29, 0.717) is 17.3 Å². The maximum Gasteiger partial charge on any atom is 0.251 e. The van der Waals surface area contributed by atoms with E-state index < -0.39 is 0 Å². The number of nitrogens with one attached hydrogen (secondary N) is 1. The van der Waals surface area contributed by atoms with E-state index in [1.807, 2.05) is 19.1 Å². The van der Waals surface area contributed by atoms with Gasteiger partial charge in [-0.05, 0) is 68.2 Å². The third kappa shape index (κ3) is 2.50. The molecule has 3 nitrogen and oxygen atoms in total. The minimum Gasteiger partial charge on any atom is -0.399 e. The first-order chi connectivity index (χ1) is 8.63. The molecule has 3 N–H and O–H groups in total. The minimum absolute atomic E-state index is 0.0363. The second-order valence-corrected chi connectivity index (χ2v) is 5.81. The first kappa shape index (κ1) is 11.6. The number of carbonyl (C=O) groups is 1. The predicted molar refractivity (Wildman–Crippen MR) is 72.3 cm³/mol. The summed E-state index contributed by atoms with van der Waals surface area (Å²) >= 11 is 0. The number of nitrogen functional groups attached to an aromatic ring is 1. The zero-order valence-corrected chi connectivity index (χ0v) is 10.8. The summed E-state index contributed by atoms with van der Waals surface area (Å²) in [6, 6.07) is 5.96. The zero-order valence-electron chi connectivity index (χ0n) is 10.8. The minimum atomic E-state index is 0.0363. The molecule has 0 radical (unpaired) electrons. The number of aryl methyl sites for hydroxylation is 1. The summed E-state index contributed by atoms with van der Waals surface area (Å²) in [6.07, 6.45) is 5.10. The molecule has 2 aliphatic carbocycles. The Morgan fingerprint density at radius 2 is 1.83 bits per heavy atom. The van der Waals surface area contributed by atoms with Crippen LogP contribution in [-0.2, 0) is 0 Å². The number of benzene rings is 1. The highest BCUT2D eigenvalue weighted by molar-refractivity contribution is 5.95. The van der Waals surface area contributed by atoms with Crippen LogP contribution < -0.4 is 11.1 Å². The van der Waals surface area contributed by atoms with Crippen LogP contribution in [0, 0.1) is 18.8 Å². The van der Waals surface area contributed by atoms with Gasteiger partial charge in [0.2, 0.25) is 0 Å². The Morgan fingerprint density at radius 1 is 1.22 bits per heavy atom. The molecule has 96 valence electrons. The van der Waals surface area contributed by atoms with Crippen LogP contribution in [0.25, 0.3) is 0 Å². The van der Waals surface area contributed by atoms with Crippen LogP contribution in [0.1, 0.15) is 41.6 Å². The van der Waals surface area contributed by atoms with Crippen molar-refractivity contribution in [1.29, 1.82) is 0 Å². The van der Waals surface area contributed by atoms with E-state index in [4.69, 9.17) is 5.73 Å². The van der Waals surface area contributed by atoms with Gasteiger partial charge in [-0.3, -0.25) is 4.79 Å². The number of hydrogen-bond donors (Lipinski definition) is 2. The molecule has 0 spiro atoms. The predicted octanol–water partition coefficient (Wildman–Crippen LogP) is 2.50. The lowest BCUT2D eigenvalue weighted by molar-refractivity contribution is 0.0926. The third-order valence-electron chi connectivity index (χ3n) is 3.92. The fourth-order valence-corrected chi connectivity index (χ4v) is 2.71. The Hall–Kier alpha value is -1.51. The molecule has 0 aromatic heterocycles. The summed E-state index contributed by atoms with van der Waals surface area (Å²) in [5.41, 5.74) is 8.18. The lowest BCUT2D eigenvalue weighted by Crippen LogP contribution is -2.38. The SMILES string of the molecule is Cc1cc(N)cc(C(=O)NC(C2CC2)C2CC2)c1. The van der Waals surface area contributed by atoms with Crippen LogP contribution in [0.5, 0.6) is 0 Å². The van der Waals surface area contributed by atoms with E-state index in [2.05, 4.69) is 5.32 Å². The Labute approximate surface area is 108 Å². The molecule has 0 heterocycles. The molecule has 2 aliphatic rings. The normalized spacial score (nSPS) is 19.0. The van der Waals surface area contributed by atoms with Gasteiger partial charge < -0.3 is 11.1 Å². The lowest BCUT2D eigenvalue weighted by atomic mass is 10.1. The average molecular weight is 244 g/mol. The van der Waals surface area contributed by atoms with Crippen molar-refractivity contribution in [2.45, 2.75) is 38.6 Å². The number of rotatable bonds is 4. The highest BCUT2D eigenvalue weighted by Gasteiger charge is 2.42. The Balaban J connectivity index is 1.72. The number of amides is 1. The van der Waals surface area contributed by atoms with Crippen molar-refractivity contribution in [3.63, 3.8) is 0 Å². The van der Waals surface area contributed by atoms with Crippen molar-refractivity contribution in [2.24, 2.45) is 11.8 Å². The zero-order chi connectivity index (χ0) is 12.7. The van der Waals surface area contributed by atoms with E-state index in [-0.39, 0.29) is 5.91 Å². The van der Waals surface area contributed by atoms with Crippen LogP contribution in [0.15, 0.2) is 18.2 Å². The first-order valence-corrected chi connectivity index (χ1v) is 6.81. The molecule has 0 aliphatic heterocycles. The second kappa shape index (κ2) is 4.30. The molecule has 3 rings (SSSR count). The monoisotopic (exact) mass is 244 g/mol. The number of anilines is 1. The molecule has 0 bridgehead atoms. The van der Waals surface area contributed by atoms with Crippen molar-refractivity contribution in [3.8, 4) is 0 Å². The van der Waals surface area contributed by atoms with E-state index >= 15 is 0 Å². The maximum atomic E-state index is 12.3. The molecule has 0 unspecified atom stereocenters. The molecule has 1 aromatic rings. The van der Waals surface area contributed by atoms with Gasteiger partial charge in [-0.25, -0.2) is 0 Å². The summed E-state index contributed by atoms with van der Waals surface area (Å²) in [6.45, 7) is 1.96. The number of carbonyl (C=O) groups excluding carboxylic acids is 1. The van der Waals surface area contributed by atoms with Crippen molar-refractivity contribution in [2.75, 3.05) is 5.73 Å². The molecule has 18 heavy (non-hydrogen) atoms. The van der Waals surface area contributed by atoms with Gasteiger partial charge in [0.05, 0.1) is 0 Å². The Morgan fingerprint density at radius 3 is 2.33 bits per heavy atom. The lowest BCUT2D eigenvalue weighted by Gasteiger charge is -2.18. The van der Waals surface area contributed by atoms with Gasteiger partial charge in [0, 0.05) is 17.3 Å². The smallest absolute Gasteiger partial charge is 0.251 e. The number of hydrogen-bond acceptors (Lipinski definition) is 2. The molecule has 0 saturated heterocycles. The molecule has 1 aromatic carbocycles. The van der Waals surface area contributed by atoms with Crippen LogP contribution in [-0.4, -0.2) is 11.9 Å². The highest BCUT2D eigenvalue weighted by atomic mass is 16.1. The summed E-state index contributed by atoms with van der Waals surface area (Å²) in [5.74, 6) is 1.49. The molecular weight excluding hydrogens is 224 g/mol. The van der Waals surface area contributed by atoms with E-state index in [1.54, 1.807) is 6.07 Å². The maximum absolute atomic E-state index is 12.3. The quantitative estimate of drug-likeness (QED) is 0.799. The summed E-state index contributed by atoms with van der Waals surface area (Å²) in [4.78, 5) is 12.3. The van der Waals surface area contributed by atoms with E-state index in [9.17, 15) is 4.79 Å². The van der Waals surface area contributed by atoms with Crippen LogP contribution in [0.4, 0.5) is 5.69 Å². The van der Waals surface area contributed by atoms with E-state index in [1.165, 1.54) is 25.7 Å². The largest absolute Gasteiger partial charge is 0.399 e. The first-order valence-electron chi connectivity index (χ1n) is 6.81. The standard InChI is InChI=1S/C15H20N2O/c1-9-6-12(8-13(16)7-9)15(18)17-14(10-2-3-10)11-4-5-11/h6-8,10-11,14H,2-5,16H2,1H3,(H,17,18). The topological polar surface area (TPSA) is 55.1 Å². The van der Waals surface area contributed by atoms with Crippen molar-refractivity contribution >= 4 is 11.6 Å². The number of nitrogens with two attached hydrogens (primary N) is 1. The summed E-state index contributed by atoms with van der Waals surface area (Å²) in [5, 5.41) is 3.22. The molecule has 2 fully saturated rings. The average Bonchev–Trinajstić information content (AvgIpc) is 3.14. The molecule has 3 heteroatoms. The highest BCUT2D eigenvalue weighted by Crippen LogP contribution is 2.44. The van der Waals surface area contributed by atoms with Crippen molar-refractivity contribution in [3.05, 3.63) is 29.3 Å². The van der Waals surface area contributed by atoms with Gasteiger partial charge in [-0.15, -0.1) is 0 Å². The molecule has 1 amide bonds. The Kier molecular flexibility index (Phi) is 2.77. The van der Waals surface area contributed by atoms with Gasteiger partial charge in [0.1, 0.15) is 0 Å².